The highest BCUT2D eigenvalue weighted by Crippen LogP contribution is 2.49. The molecule has 0 saturated carbocycles. The van der Waals surface area contributed by atoms with Crippen LogP contribution in [0.25, 0.3) is 101 Å². The van der Waals surface area contributed by atoms with Gasteiger partial charge in [-0.2, -0.15) is 0 Å². The fraction of sp³-hybridized carbons (Fsp3) is 0.0189. The standard InChI is InChI=1S/C106H72N6/c1-7-23-79(24-8-1)85-43-55-93(56-44-85)105(94-57-45-86(46-58-94)80-25-9-2-10-26-80,95-59-47-87(48-60-95)81-27-11-3-12-28-81)99-67-71-101(72-68-99)111-75-103(107-109-111)91-39-35-77(36-40-91)21-19-20-22-78-37-41-92(42-38-78)104-76-112(110-108-104)102-73-69-100(70-74-102)106(96-61-49-88(50-62-96)82-29-13-4-14-30-82,97-63-51-89(52-64-97)83-31-15-5-16-32-83)98-65-53-90(54-66-98)84-33-17-6-18-34-84/h1-18,23-76H. The number of hydrogen-bond acceptors (Lipinski definition) is 4. The first-order chi connectivity index (χ1) is 55.5. The number of aromatic nitrogens is 6. The second-order valence-electron chi connectivity index (χ2n) is 28.0. The van der Waals surface area contributed by atoms with Crippen LogP contribution in [0.3, 0.4) is 0 Å². The maximum absolute atomic E-state index is 4.66. The van der Waals surface area contributed by atoms with Gasteiger partial charge >= 0.3 is 0 Å². The van der Waals surface area contributed by atoms with Gasteiger partial charge in [-0.1, -0.05) is 398 Å². The van der Waals surface area contributed by atoms with Crippen LogP contribution >= 0.6 is 0 Å². The van der Waals surface area contributed by atoms with Crippen LogP contribution in [-0.2, 0) is 10.8 Å². The molecule has 0 bridgehead atoms. The van der Waals surface area contributed by atoms with Crippen molar-refractivity contribution in [3.63, 3.8) is 0 Å². The Bertz CT molecular complexity index is 5550. The van der Waals surface area contributed by atoms with Crippen molar-refractivity contribution in [1.82, 2.24) is 30.0 Å². The molecular formula is C106H72N6. The predicted octanol–water partition coefficient (Wildman–Crippen LogP) is 24.4. The molecule has 0 unspecified atom stereocenters. The lowest BCUT2D eigenvalue weighted by Gasteiger charge is -2.37. The van der Waals surface area contributed by atoms with E-state index in [-0.39, 0.29) is 0 Å². The van der Waals surface area contributed by atoms with E-state index in [4.69, 9.17) is 0 Å². The molecular weight excluding hydrogens is 1360 g/mol. The van der Waals surface area contributed by atoms with Crippen molar-refractivity contribution in [3.8, 4) is 124 Å². The summed E-state index contributed by atoms with van der Waals surface area (Å²) in [6.45, 7) is 0. The van der Waals surface area contributed by atoms with E-state index in [0.29, 0.717) is 0 Å². The Kier molecular flexibility index (Phi) is 19.0. The molecule has 0 spiro atoms. The van der Waals surface area contributed by atoms with Gasteiger partial charge in [0, 0.05) is 22.3 Å². The average molecular weight is 1430 g/mol. The Labute approximate surface area is 653 Å². The molecule has 0 amide bonds. The second-order valence-corrected chi connectivity index (χ2v) is 28.0. The largest absolute Gasteiger partial charge is 0.220 e. The lowest BCUT2D eigenvalue weighted by Crippen LogP contribution is -2.31. The Balaban J connectivity index is 0.581. The van der Waals surface area contributed by atoms with Gasteiger partial charge in [-0.15, -0.1) is 10.2 Å². The molecule has 2 heterocycles. The third-order valence-electron chi connectivity index (χ3n) is 21.5. The zero-order chi connectivity index (χ0) is 74.9. The number of nitrogens with zero attached hydrogens (tertiary/aromatic N) is 6. The third-order valence-corrected chi connectivity index (χ3v) is 21.5. The summed E-state index contributed by atoms with van der Waals surface area (Å²) in [6.07, 6.45) is 3.95. The Hall–Kier alpha value is -15.1. The van der Waals surface area contributed by atoms with Gasteiger partial charge in [0.15, 0.2) is 0 Å². The first-order valence-corrected chi connectivity index (χ1v) is 37.7. The first-order valence-electron chi connectivity index (χ1n) is 37.7. The maximum Gasteiger partial charge on any atom is 0.113 e. The summed E-state index contributed by atoms with van der Waals surface area (Å²) in [6, 6.07) is 152. The highest BCUT2D eigenvalue weighted by atomic mass is 15.4. The molecule has 0 radical (unpaired) electrons. The van der Waals surface area contributed by atoms with E-state index in [0.717, 1.165) is 123 Å². The van der Waals surface area contributed by atoms with Gasteiger partial charge in [-0.05, 0) is 172 Å². The van der Waals surface area contributed by atoms with E-state index in [2.05, 4.69) is 420 Å². The minimum atomic E-state index is -0.716. The van der Waals surface area contributed by atoms with E-state index < -0.39 is 10.8 Å². The molecule has 18 aromatic rings. The van der Waals surface area contributed by atoms with Crippen molar-refractivity contribution in [3.05, 3.63) is 493 Å². The quantitative estimate of drug-likeness (QED) is 0.0634. The number of hydrogen-bond donors (Lipinski definition) is 0. The van der Waals surface area contributed by atoms with Gasteiger partial charge in [-0.3, -0.25) is 0 Å². The highest BCUT2D eigenvalue weighted by molar-refractivity contribution is 5.75. The van der Waals surface area contributed by atoms with Crippen molar-refractivity contribution in [1.29, 1.82) is 0 Å². The summed E-state index contributed by atoms with van der Waals surface area (Å²) in [7, 11) is 0. The summed E-state index contributed by atoms with van der Waals surface area (Å²) >= 11 is 0. The van der Waals surface area contributed by atoms with Crippen molar-refractivity contribution < 1.29 is 0 Å². The summed E-state index contributed by atoms with van der Waals surface area (Å²) in [5.41, 5.74) is 28.5. The minimum absolute atomic E-state index is 0.716. The van der Waals surface area contributed by atoms with Crippen LogP contribution in [0.1, 0.15) is 55.6 Å². The summed E-state index contributed by atoms with van der Waals surface area (Å²) in [4.78, 5) is 0. The fourth-order valence-electron chi connectivity index (χ4n) is 15.7. The van der Waals surface area contributed by atoms with Gasteiger partial charge in [0.1, 0.15) is 11.4 Å². The molecule has 0 fully saturated rings. The molecule has 0 N–H and O–H groups in total. The number of benzene rings is 16. The van der Waals surface area contributed by atoms with Gasteiger partial charge < -0.3 is 0 Å². The molecule has 6 nitrogen and oxygen atoms in total. The summed E-state index contributed by atoms with van der Waals surface area (Å²) in [5, 5.41) is 18.7. The first kappa shape index (κ1) is 68.7. The SMILES string of the molecule is C(C#Cc1ccc(-c2cn(-c3ccc(C(c4ccc(-c5ccccc5)cc4)(c4ccc(-c5ccccc5)cc4)c4ccc(-c5ccccc5)cc4)cc3)nn2)cc1)#Cc1ccc(-c2cn(-c3ccc(C(c4ccc(-c5ccccc5)cc4)(c4ccc(-c5ccccc5)cc4)c4ccc(-c5ccccc5)cc4)cc3)nn2)cc1. The van der Waals surface area contributed by atoms with Gasteiger partial charge in [0.05, 0.1) is 34.6 Å². The lowest BCUT2D eigenvalue weighted by atomic mass is 9.64. The maximum atomic E-state index is 4.66. The van der Waals surface area contributed by atoms with E-state index in [1.54, 1.807) is 0 Å². The smallest absolute Gasteiger partial charge is 0.113 e. The van der Waals surface area contributed by atoms with Gasteiger partial charge in [0.2, 0.25) is 0 Å². The van der Waals surface area contributed by atoms with Gasteiger partial charge in [0.25, 0.3) is 0 Å². The van der Waals surface area contributed by atoms with Crippen LogP contribution in [-0.4, -0.2) is 30.0 Å². The minimum Gasteiger partial charge on any atom is -0.220 e. The van der Waals surface area contributed by atoms with E-state index in [1.807, 2.05) is 70.3 Å². The van der Waals surface area contributed by atoms with E-state index >= 15 is 0 Å². The second kappa shape index (κ2) is 31.0. The molecule has 0 atom stereocenters. The van der Waals surface area contributed by atoms with Crippen LogP contribution in [0.15, 0.2) is 437 Å². The molecule has 0 aliphatic carbocycles. The van der Waals surface area contributed by atoms with E-state index in [1.165, 1.54) is 33.4 Å². The Morgan fingerprint density at radius 2 is 0.357 bits per heavy atom. The normalized spacial score (nSPS) is 11.2. The molecule has 0 saturated heterocycles. The third kappa shape index (κ3) is 13.8. The Morgan fingerprint density at radius 1 is 0.179 bits per heavy atom. The van der Waals surface area contributed by atoms with Crippen LogP contribution in [0.5, 0.6) is 0 Å². The topological polar surface area (TPSA) is 61.4 Å². The zero-order valence-corrected chi connectivity index (χ0v) is 61.3. The van der Waals surface area contributed by atoms with Crippen LogP contribution < -0.4 is 0 Å². The van der Waals surface area contributed by atoms with Crippen molar-refractivity contribution in [2.45, 2.75) is 10.8 Å². The zero-order valence-electron chi connectivity index (χ0n) is 61.3. The predicted molar refractivity (Wildman–Crippen MR) is 457 cm³/mol. The van der Waals surface area contributed by atoms with Gasteiger partial charge in [-0.25, -0.2) is 9.36 Å². The summed E-state index contributed by atoms with van der Waals surface area (Å²) < 4.78 is 3.69. The molecule has 18 rings (SSSR count). The molecule has 112 heavy (non-hydrogen) atoms. The fourth-order valence-corrected chi connectivity index (χ4v) is 15.7. The molecule has 6 heteroatoms. The van der Waals surface area contributed by atoms with Crippen molar-refractivity contribution in [2.24, 2.45) is 0 Å². The Morgan fingerprint density at radius 3 is 0.562 bits per heavy atom. The molecule has 16 aromatic carbocycles. The van der Waals surface area contributed by atoms with Crippen molar-refractivity contribution >= 4 is 0 Å². The lowest BCUT2D eigenvalue weighted by molar-refractivity contribution is 0.742. The number of rotatable bonds is 18. The monoisotopic (exact) mass is 1430 g/mol. The molecule has 526 valence electrons. The summed E-state index contributed by atoms with van der Waals surface area (Å²) in [5.74, 6) is 12.6. The molecule has 0 aliphatic heterocycles. The van der Waals surface area contributed by atoms with Crippen LogP contribution in [0, 0.1) is 23.7 Å². The van der Waals surface area contributed by atoms with E-state index in [9.17, 15) is 0 Å². The van der Waals surface area contributed by atoms with Crippen LogP contribution in [0.4, 0.5) is 0 Å². The average Bonchev–Trinajstić information content (AvgIpc) is 0.820. The molecule has 0 aliphatic rings. The highest BCUT2D eigenvalue weighted by Gasteiger charge is 2.40. The molecule has 2 aromatic heterocycles. The van der Waals surface area contributed by atoms with Crippen LogP contribution in [0.2, 0.25) is 0 Å². The van der Waals surface area contributed by atoms with Crippen molar-refractivity contribution in [2.75, 3.05) is 0 Å².